The van der Waals surface area contributed by atoms with Gasteiger partial charge < -0.3 is 9.72 Å². The van der Waals surface area contributed by atoms with Crippen molar-refractivity contribution in [3.05, 3.63) is 46.3 Å². The fourth-order valence-corrected chi connectivity index (χ4v) is 3.99. The summed E-state index contributed by atoms with van der Waals surface area (Å²) in [5.41, 5.74) is 1.43. The minimum absolute atomic E-state index is 0.267. The average Bonchev–Trinajstić information content (AvgIpc) is 3.03. The number of carbonyl (C=O) groups excluding carboxylic acids is 1. The number of aromatic amines is 1. The largest absolute Gasteiger partial charge is 0.465 e. The van der Waals surface area contributed by atoms with Crippen molar-refractivity contribution in [1.82, 2.24) is 4.98 Å². The van der Waals surface area contributed by atoms with E-state index in [2.05, 4.69) is 27.5 Å². The number of allylic oxidation sites excluding steroid dienone is 1. The molecule has 22 heavy (non-hydrogen) atoms. The summed E-state index contributed by atoms with van der Waals surface area (Å²) in [5, 5.41) is 0.824. The van der Waals surface area contributed by atoms with Gasteiger partial charge in [-0.15, -0.1) is 6.58 Å². The SMILES string of the molecule is C=CCC1(C(=O)OCC)CCc2c1[nH]c1c(F)ccc(Br)c21. The molecule has 0 spiro atoms. The van der Waals surface area contributed by atoms with E-state index in [4.69, 9.17) is 4.74 Å². The van der Waals surface area contributed by atoms with Crippen LogP contribution < -0.4 is 0 Å². The molecular weight excluding hydrogens is 349 g/mol. The number of halogens is 2. The third-order valence-corrected chi connectivity index (χ3v) is 5.06. The number of carbonyl (C=O) groups is 1. The molecule has 116 valence electrons. The second kappa shape index (κ2) is 5.54. The molecule has 1 unspecified atom stereocenters. The highest BCUT2D eigenvalue weighted by Gasteiger charge is 2.48. The highest BCUT2D eigenvalue weighted by atomic mass is 79.9. The molecule has 1 aliphatic rings. The second-order valence-corrected chi connectivity index (χ2v) is 6.41. The van der Waals surface area contributed by atoms with E-state index >= 15 is 0 Å². The Hall–Kier alpha value is -1.62. The molecule has 0 saturated carbocycles. The van der Waals surface area contributed by atoms with Crippen molar-refractivity contribution >= 4 is 32.8 Å². The predicted molar refractivity (Wildman–Crippen MR) is 87.4 cm³/mol. The van der Waals surface area contributed by atoms with Crippen molar-refractivity contribution in [3.63, 3.8) is 0 Å². The third kappa shape index (κ3) is 2.02. The summed E-state index contributed by atoms with van der Waals surface area (Å²) in [5.74, 6) is -0.583. The molecule has 2 aromatic rings. The van der Waals surface area contributed by atoms with Crippen LogP contribution in [0.5, 0.6) is 0 Å². The van der Waals surface area contributed by atoms with Crippen molar-refractivity contribution in [2.45, 2.75) is 31.6 Å². The summed E-state index contributed by atoms with van der Waals surface area (Å²) < 4.78 is 20.2. The monoisotopic (exact) mass is 365 g/mol. The fourth-order valence-electron chi connectivity index (χ4n) is 3.42. The molecule has 1 N–H and O–H groups in total. The molecule has 0 bridgehead atoms. The second-order valence-electron chi connectivity index (χ2n) is 5.55. The van der Waals surface area contributed by atoms with Gasteiger partial charge in [-0.05, 0) is 43.9 Å². The molecule has 0 radical (unpaired) electrons. The molecule has 1 aromatic heterocycles. The van der Waals surface area contributed by atoms with Gasteiger partial charge in [-0.3, -0.25) is 4.79 Å². The summed E-state index contributed by atoms with van der Waals surface area (Å²) in [6, 6.07) is 3.11. The minimum Gasteiger partial charge on any atom is -0.465 e. The molecule has 3 nitrogen and oxygen atoms in total. The maximum Gasteiger partial charge on any atom is 0.318 e. The van der Waals surface area contributed by atoms with Gasteiger partial charge in [0, 0.05) is 15.6 Å². The number of aromatic nitrogens is 1. The van der Waals surface area contributed by atoms with Crippen LogP contribution in [0.25, 0.3) is 10.9 Å². The lowest BCUT2D eigenvalue weighted by atomic mass is 9.82. The van der Waals surface area contributed by atoms with Crippen LogP contribution in [0.1, 0.15) is 31.0 Å². The Morgan fingerprint density at radius 1 is 1.59 bits per heavy atom. The Morgan fingerprint density at radius 2 is 2.36 bits per heavy atom. The summed E-state index contributed by atoms with van der Waals surface area (Å²) >= 11 is 3.49. The number of fused-ring (bicyclic) bond motifs is 3. The molecular formula is C17H17BrFNO2. The van der Waals surface area contributed by atoms with Gasteiger partial charge in [-0.2, -0.15) is 0 Å². The fraction of sp³-hybridized carbons (Fsp3) is 0.353. The van der Waals surface area contributed by atoms with Gasteiger partial charge in [-0.1, -0.05) is 22.0 Å². The van der Waals surface area contributed by atoms with E-state index in [-0.39, 0.29) is 11.8 Å². The van der Waals surface area contributed by atoms with Gasteiger partial charge in [0.25, 0.3) is 0 Å². The van der Waals surface area contributed by atoms with E-state index in [1.165, 1.54) is 6.07 Å². The number of benzene rings is 1. The zero-order valence-electron chi connectivity index (χ0n) is 12.3. The third-order valence-electron chi connectivity index (χ3n) is 4.40. The van der Waals surface area contributed by atoms with Crippen molar-refractivity contribution in [3.8, 4) is 0 Å². The van der Waals surface area contributed by atoms with Gasteiger partial charge in [0.15, 0.2) is 0 Å². The molecule has 1 heterocycles. The zero-order valence-corrected chi connectivity index (χ0v) is 13.9. The van der Waals surface area contributed by atoms with Gasteiger partial charge in [0.1, 0.15) is 11.2 Å². The first kappa shape index (κ1) is 15.3. The summed E-state index contributed by atoms with van der Waals surface area (Å²) in [7, 11) is 0. The Balaban J connectivity index is 2.25. The number of H-pyrrole nitrogens is 1. The van der Waals surface area contributed by atoms with Crippen molar-refractivity contribution in [2.75, 3.05) is 6.61 Å². The van der Waals surface area contributed by atoms with E-state index in [0.717, 1.165) is 21.1 Å². The predicted octanol–water partition coefficient (Wildman–Crippen LogP) is 4.39. The number of hydrogen-bond acceptors (Lipinski definition) is 2. The quantitative estimate of drug-likeness (QED) is 0.644. The van der Waals surface area contributed by atoms with Crippen molar-refractivity contribution in [1.29, 1.82) is 0 Å². The van der Waals surface area contributed by atoms with Gasteiger partial charge in [0.2, 0.25) is 0 Å². The Kier molecular flexibility index (Phi) is 3.85. The standard InChI is InChI=1S/C17H17BrFNO2/c1-3-8-17(16(21)22-4-2)9-7-10-13-11(18)5-6-12(19)14(13)20-15(10)17/h3,5-6,20H,1,4,7-9H2,2H3. The molecule has 3 rings (SSSR count). The highest BCUT2D eigenvalue weighted by molar-refractivity contribution is 9.10. The Morgan fingerprint density at radius 3 is 3.05 bits per heavy atom. The number of nitrogens with one attached hydrogen (secondary N) is 1. The minimum atomic E-state index is -0.780. The first-order valence-electron chi connectivity index (χ1n) is 7.32. The van der Waals surface area contributed by atoms with E-state index in [9.17, 15) is 9.18 Å². The van der Waals surface area contributed by atoms with Crippen LogP contribution in [0.15, 0.2) is 29.3 Å². The van der Waals surface area contributed by atoms with Crippen LogP contribution in [0.2, 0.25) is 0 Å². The molecule has 0 fully saturated rings. The first-order chi connectivity index (χ1) is 10.5. The topological polar surface area (TPSA) is 42.1 Å². The lowest BCUT2D eigenvalue weighted by Crippen LogP contribution is -2.35. The van der Waals surface area contributed by atoms with Crippen LogP contribution in [0, 0.1) is 5.82 Å². The summed E-state index contributed by atoms with van der Waals surface area (Å²) in [6.45, 7) is 5.88. The van der Waals surface area contributed by atoms with E-state index < -0.39 is 5.41 Å². The molecule has 0 saturated heterocycles. The summed E-state index contributed by atoms with van der Waals surface area (Å²) in [4.78, 5) is 15.7. The highest BCUT2D eigenvalue weighted by Crippen LogP contribution is 2.47. The van der Waals surface area contributed by atoms with Crippen LogP contribution in [-0.4, -0.2) is 17.6 Å². The molecule has 5 heteroatoms. The van der Waals surface area contributed by atoms with E-state index in [0.29, 0.717) is 31.4 Å². The number of rotatable bonds is 4. The summed E-state index contributed by atoms with van der Waals surface area (Å²) in [6.07, 6.45) is 3.57. The molecule has 0 aliphatic heterocycles. The smallest absolute Gasteiger partial charge is 0.318 e. The Bertz CT molecular complexity index is 768. The van der Waals surface area contributed by atoms with Crippen molar-refractivity contribution in [2.24, 2.45) is 0 Å². The first-order valence-corrected chi connectivity index (χ1v) is 8.11. The van der Waals surface area contributed by atoms with Gasteiger partial charge in [0.05, 0.1) is 12.1 Å². The average molecular weight is 366 g/mol. The molecule has 1 aliphatic carbocycles. The van der Waals surface area contributed by atoms with Crippen LogP contribution in [0.4, 0.5) is 4.39 Å². The molecule has 1 atom stereocenters. The Labute approximate surface area is 136 Å². The molecule has 0 amide bonds. The van der Waals surface area contributed by atoms with Gasteiger partial charge in [-0.25, -0.2) is 4.39 Å². The number of ether oxygens (including phenoxy) is 1. The lowest BCUT2D eigenvalue weighted by molar-refractivity contribution is -0.150. The number of aryl methyl sites for hydroxylation is 1. The van der Waals surface area contributed by atoms with Crippen LogP contribution in [0.3, 0.4) is 0 Å². The molecule has 1 aromatic carbocycles. The zero-order chi connectivity index (χ0) is 15.9. The van der Waals surface area contributed by atoms with E-state index in [1.807, 2.05) is 0 Å². The van der Waals surface area contributed by atoms with Crippen LogP contribution >= 0.6 is 15.9 Å². The van der Waals surface area contributed by atoms with Crippen LogP contribution in [-0.2, 0) is 21.4 Å². The maximum absolute atomic E-state index is 14.1. The lowest BCUT2D eigenvalue weighted by Gasteiger charge is -2.25. The van der Waals surface area contributed by atoms with Crippen molar-refractivity contribution < 1.29 is 13.9 Å². The van der Waals surface area contributed by atoms with E-state index in [1.54, 1.807) is 19.1 Å². The normalized spacial score (nSPS) is 20.1. The number of esters is 1. The number of hydrogen-bond donors (Lipinski definition) is 1. The van der Waals surface area contributed by atoms with Gasteiger partial charge >= 0.3 is 5.97 Å². The maximum atomic E-state index is 14.1.